The highest BCUT2D eigenvalue weighted by atomic mass is 32.2. The SMILES string of the molecule is CC(=O)c1ccc(OC(=O)[C@H](C)Sc2ccc([N+](=O)[O-])cc2)cc1. The third-order valence-corrected chi connectivity index (χ3v) is 4.26. The highest BCUT2D eigenvalue weighted by Gasteiger charge is 2.17. The molecule has 6 nitrogen and oxygen atoms in total. The van der Waals surface area contributed by atoms with E-state index in [1.807, 2.05) is 0 Å². The van der Waals surface area contributed by atoms with Gasteiger partial charge in [0.05, 0.1) is 4.92 Å². The minimum atomic E-state index is -0.487. The Bertz CT molecular complexity index is 756. The van der Waals surface area contributed by atoms with Crippen molar-refractivity contribution < 1.29 is 19.2 Å². The molecule has 0 aliphatic heterocycles. The summed E-state index contributed by atoms with van der Waals surface area (Å²) in [6.45, 7) is 3.16. The van der Waals surface area contributed by atoms with Crippen LogP contribution in [0.5, 0.6) is 5.75 Å². The standard InChI is InChI=1S/C17H15NO5S/c1-11(19)13-3-7-15(8-4-13)23-17(20)12(2)24-16-9-5-14(6-10-16)18(21)22/h3-10,12H,1-2H3/t12-/m0/s1. The third-order valence-electron chi connectivity index (χ3n) is 3.17. The average molecular weight is 345 g/mol. The number of ether oxygens (including phenoxy) is 1. The smallest absolute Gasteiger partial charge is 0.324 e. The number of nitrogens with zero attached hydrogens (tertiary/aromatic N) is 1. The number of thioether (sulfide) groups is 1. The maximum Gasteiger partial charge on any atom is 0.324 e. The summed E-state index contributed by atoms with van der Waals surface area (Å²) in [6, 6.07) is 12.3. The van der Waals surface area contributed by atoms with Crippen LogP contribution < -0.4 is 4.74 Å². The zero-order valence-corrected chi connectivity index (χ0v) is 13.9. The summed E-state index contributed by atoms with van der Waals surface area (Å²) in [5.74, 6) is -0.134. The van der Waals surface area contributed by atoms with Crippen LogP contribution in [0, 0.1) is 10.1 Å². The fraction of sp³-hybridized carbons (Fsp3) is 0.176. The molecule has 1 atom stereocenters. The maximum absolute atomic E-state index is 12.1. The van der Waals surface area contributed by atoms with Gasteiger partial charge in [0.25, 0.3) is 5.69 Å². The van der Waals surface area contributed by atoms with Gasteiger partial charge in [-0.25, -0.2) is 0 Å². The molecule has 0 radical (unpaired) electrons. The molecule has 24 heavy (non-hydrogen) atoms. The highest BCUT2D eigenvalue weighted by molar-refractivity contribution is 8.00. The second-order valence-electron chi connectivity index (χ2n) is 5.01. The molecule has 0 bridgehead atoms. The average Bonchev–Trinajstić information content (AvgIpc) is 2.55. The fourth-order valence-corrected chi connectivity index (χ4v) is 2.70. The van der Waals surface area contributed by atoms with Crippen LogP contribution in [0.1, 0.15) is 24.2 Å². The molecule has 0 aliphatic carbocycles. The number of nitro benzene ring substituents is 1. The van der Waals surface area contributed by atoms with Gasteiger partial charge < -0.3 is 4.74 Å². The summed E-state index contributed by atoms with van der Waals surface area (Å²) in [5, 5.41) is 10.1. The molecule has 2 aromatic rings. The van der Waals surface area contributed by atoms with Crippen LogP contribution in [0.4, 0.5) is 5.69 Å². The van der Waals surface area contributed by atoms with E-state index < -0.39 is 16.1 Å². The van der Waals surface area contributed by atoms with Gasteiger partial charge in [-0.15, -0.1) is 11.8 Å². The zero-order chi connectivity index (χ0) is 17.7. The van der Waals surface area contributed by atoms with Gasteiger partial charge in [-0.05, 0) is 50.2 Å². The monoisotopic (exact) mass is 345 g/mol. The second-order valence-corrected chi connectivity index (χ2v) is 6.43. The molecule has 0 saturated heterocycles. The van der Waals surface area contributed by atoms with Gasteiger partial charge in [0.2, 0.25) is 0 Å². The Balaban J connectivity index is 1.96. The number of rotatable bonds is 6. The molecule has 0 heterocycles. The van der Waals surface area contributed by atoms with Gasteiger partial charge in [-0.1, -0.05) is 0 Å². The molecule has 0 unspecified atom stereocenters. The van der Waals surface area contributed by atoms with Crippen molar-refractivity contribution in [3.05, 3.63) is 64.2 Å². The number of hydrogen-bond acceptors (Lipinski definition) is 6. The van der Waals surface area contributed by atoms with Crippen molar-refractivity contribution in [1.82, 2.24) is 0 Å². The minimum absolute atomic E-state index is 0.000130. The molecule has 0 fully saturated rings. The van der Waals surface area contributed by atoms with E-state index in [-0.39, 0.29) is 11.5 Å². The Morgan fingerprint density at radius 1 is 1.08 bits per heavy atom. The molecule has 2 rings (SSSR count). The Kier molecular flexibility index (Phi) is 5.70. The lowest BCUT2D eigenvalue weighted by atomic mass is 10.1. The molecule has 0 aliphatic rings. The molecular weight excluding hydrogens is 330 g/mol. The summed E-state index contributed by atoms with van der Waals surface area (Å²) < 4.78 is 5.27. The Morgan fingerprint density at radius 2 is 1.67 bits per heavy atom. The highest BCUT2D eigenvalue weighted by Crippen LogP contribution is 2.26. The lowest BCUT2D eigenvalue weighted by Gasteiger charge is -2.11. The van der Waals surface area contributed by atoms with Crippen LogP contribution >= 0.6 is 11.8 Å². The zero-order valence-electron chi connectivity index (χ0n) is 13.1. The van der Waals surface area contributed by atoms with E-state index in [2.05, 4.69) is 0 Å². The summed E-state index contributed by atoms with van der Waals surface area (Å²) in [5.41, 5.74) is 0.545. The first-order chi connectivity index (χ1) is 11.4. The van der Waals surface area contributed by atoms with E-state index in [1.54, 1.807) is 43.3 Å². The van der Waals surface area contributed by atoms with Crippen LogP contribution in [-0.4, -0.2) is 21.9 Å². The summed E-state index contributed by atoms with van der Waals surface area (Å²) in [4.78, 5) is 34.2. The van der Waals surface area contributed by atoms with Gasteiger partial charge in [0.15, 0.2) is 5.78 Å². The van der Waals surface area contributed by atoms with Crippen molar-refractivity contribution >= 4 is 29.2 Å². The predicted octanol–water partition coefficient (Wildman–Crippen LogP) is 3.88. The number of non-ortho nitro benzene ring substituents is 1. The van der Waals surface area contributed by atoms with Gasteiger partial charge in [-0.3, -0.25) is 19.7 Å². The molecule has 0 saturated carbocycles. The fourth-order valence-electron chi connectivity index (χ4n) is 1.86. The number of carbonyl (C=O) groups excluding carboxylic acids is 2. The molecule has 0 spiro atoms. The Hall–Kier alpha value is -2.67. The van der Waals surface area contributed by atoms with Crippen LogP contribution in [0.2, 0.25) is 0 Å². The largest absolute Gasteiger partial charge is 0.426 e. The van der Waals surface area contributed by atoms with Crippen molar-refractivity contribution in [3.8, 4) is 5.75 Å². The number of benzene rings is 2. The lowest BCUT2D eigenvalue weighted by molar-refractivity contribution is -0.384. The van der Waals surface area contributed by atoms with Crippen LogP contribution in [0.15, 0.2) is 53.4 Å². The van der Waals surface area contributed by atoms with E-state index in [0.29, 0.717) is 11.3 Å². The van der Waals surface area contributed by atoms with Crippen LogP contribution in [0.3, 0.4) is 0 Å². The van der Waals surface area contributed by atoms with E-state index in [1.165, 1.54) is 30.8 Å². The number of Topliss-reactive ketones (excluding diaryl/α,β-unsaturated/α-hetero) is 1. The number of carbonyl (C=O) groups is 2. The molecule has 2 aromatic carbocycles. The predicted molar refractivity (Wildman–Crippen MR) is 90.5 cm³/mol. The van der Waals surface area contributed by atoms with Gasteiger partial charge >= 0.3 is 5.97 Å². The number of nitro groups is 1. The Morgan fingerprint density at radius 3 is 2.17 bits per heavy atom. The van der Waals surface area contributed by atoms with E-state index >= 15 is 0 Å². The van der Waals surface area contributed by atoms with E-state index in [9.17, 15) is 19.7 Å². The third kappa shape index (κ3) is 4.66. The summed E-state index contributed by atoms with van der Waals surface area (Å²) >= 11 is 1.25. The van der Waals surface area contributed by atoms with Crippen molar-refractivity contribution in [2.24, 2.45) is 0 Å². The van der Waals surface area contributed by atoms with E-state index in [4.69, 9.17) is 4.74 Å². The van der Waals surface area contributed by atoms with Gasteiger partial charge in [0.1, 0.15) is 11.0 Å². The molecule has 0 amide bonds. The maximum atomic E-state index is 12.1. The lowest BCUT2D eigenvalue weighted by Crippen LogP contribution is -2.19. The van der Waals surface area contributed by atoms with Crippen molar-refractivity contribution in [3.63, 3.8) is 0 Å². The van der Waals surface area contributed by atoms with Crippen molar-refractivity contribution in [1.29, 1.82) is 0 Å². The first-order valence-corrected chi connectivity index (χ1v) is 7.98. The van der Waals surface area contributed by atoms with Crippen molar-refractivity contribution in [2.45, 2.75) is 24.0 Å². The number of ketones is 1. The molecule has 0 N–H and O–H groups in total. The summed E-state index contributed by atoms with van der Waals surface area (Å²) in [7, 11) is 0. The van der Waals surface area contributed by atoms with Crippen LogP contribution in [0.25, 0.3) is 0 Å². The second kappa shape index (κ2) is 7.74. The Labute approximate surface area is 143 Å². The number of hydrogen-bond donors (Lipinski definition) is 0. The van der Waals surface area contributed by atoms with Crippen molar-refractivity contribution in [2.75, 3.05) is 0 Å². The van der Waals surface area contributed by atoms with Gasteiger partial charge in [0, 0.05) is 22.6 Å². The van der Waals surface area contributed by atoms with Gasteiger partial charge in [-0.2, -0.15) is 0 Å². The molecule has 124 valence electrons. The molecular formula is C17H15NO5S. The molecule has 7 heteroatoms. The minimum Gasteiger partial charge on any atom is -0.426 e. The van der Waals surface area contributed by atoms with Crippen LogP contribution in [-0.2, 0) is 4.79 Å². The first kappa shape index (κ1) is 17.7. The first-order valence-electron chi connectivity index (χ1n) is 7.10. The normalized spacial score (nSPS) is 11.6. The topological polar surface area (TPSA) is 86.5 Å². The van der Waals surface area contributed by atoms with E-state index in [0.717, 1.165) is 4.90 Å². The number of esters is 1. The molecule has 0 aromatic heterocycles. The quantitative estimate of drug-likeness (QED) is 0.197. The summed E-state index contributed by atoms with van der Waals surface area (Å²) in [6.07, 6.45) is 0.